The zero-order valence-electron chi connectivity index (χ0n) is 11.7. The van der Waals surface area contributed by atoms with Crippen molar-refractivity contribution in [1.82, 2.24) is 20.1 Å². The molecule has 108 valence electrons. The van der Waals surface area contributed by atoms with Crippen molar-refractivity contribution in [2.45, 2.75) is 45.3 Å². The Bertz CT molecular complexity index is 577. The molecule has 2 heterocycles. The van der Waals surface area contributed by atoms with Gasteiger partial charge in [-0.05, 0) is 26.2 Å². The first-order chi connectivity index (χ1) is 9.78. The van der Waals surface area contributed by atoms with Gasteiger partial charge in [0.2, 0.25) is 0 Å². The Morgan fingerprint density at radius 3 is 3.20 bits per heavy atom. The molecule has 0 saturated carbocycles. The van der Waals surface area contributed by atoms with Gasteiger partial charge < -0.3 is 10.4 Å². The number of aliphatic hydroxyl groups is 1. The number of thiazole rings is 1. The third-order valence-electron chi connectivity index (χ3n) is 3.74. The van der Waals surface area contributed by atoms with E-state index in [9.17, 15) is 0 Å². The molecule has 5 nitrogen and oxygen atoms in total. The largest absolute Gasteiger partial charge is 0.394 e. The van der Waals surface area contributed by atoms with E-state index in [4.69, 9.17) is 5.11 Å². The maximum absolute atomic E-state index is 9.08. The maximum atomic E-state index is 9.08. The van der Waals surface area contributed by atoms with Gasteiger partial charge in [-0.2, -0.15) is 5.10 Å². The van der Waals surface area contributed by atoms with E-state index >= 15 is 0 Å². The highest BCUT2D eigenvalue weighted by Gasteiger charge is 2.23. The van der Waals surface area contributed by atoms with Crippen molar-refractivity contribution in [2.24, 2.45) is 0 Å². The van der Waals surface area contributed by atoms with Crippen LogP contribution in [0, 0.1) is 6.92 Å². The second-order valence-electron chi connectivity index (χ2n) is 5.20. The van der Waals surface area contributed by atoms with Crippen LogP contribution < -0.4 is 5.32 Å². The van der Waals surface area contributed by atoms with Crippen molar-refractivity contribution in [2.75, 3.05) is 6.61 Å². The highest BCUT2D eigenvalue weighted by atomic mass is 32.1. The molecule has 0 fully saturated rings. The number of aliphatic hydroxyl groups excluding tert-OH is 1. The van der Waals surface area contributed by atoms with Crippen LogP contribution in [0.2, 0.25) is 0 Å². The third-order valence-corrected chi connectivity index (χ3v) is 4.71. The summed E-state index contributed by atoms with van der Waals surface area (Å²) in [5, 5.41) is 20.3. The summed E-state index contributed by atoms with van der Waals surface area (Å²) in [5.74, 6) is 0. The van der Waals surface area contributed by atoms with Gasteiger partial charge in [0, 0.05) is 34.9 Å². The first kappa shape index (κ1) is 13.7. The van der Waals surface area contributed by atoms with Crippen molar-refractivity contribution in [3.05, 3.63) is 33.5 Å². The molecule has 2 N–H and O–H groups in total. The minimum atomic E-state index is 0.143. The predicted octanol–water partition coefficient (Wildman–Crippen LogP) is 1.81. The van der Waals surface area contributed by atoms with Crippen LogP contribution >= 0.6 is 11.3 Å². The normalized spacial score (nSPS) is 18.2. The molecule has 2 aromatic heterocycles. The van der Waals surface area contributed by atoms with E-state index in [1.807, 2.05) is 17.8 Å². The molecule has 1 unspecified atom stereocenters. The Morgan fingerprint density at radius 2 is 2.45 bits per heavy atom. The molecule has 0 bridgehead atoms. The molecule has 1 aliphatic rings. The molecule has 0 aromatic carbocycles. The first-order valence-electron chi connectivity index (χ1n) is 7.07. The smallest absolute Gasteiger partial charge is 0.107 e. The van der Waals surface area contributed by atoms with Crippen LogP contribution in [0.5, 0.6) is 0 Å². The summed E-state index contributed by atoms with van der Waals surface area (Å²) in [6, 6.07) is 0.357. The van der Waals surface area contributed by atoms with Crippen molar-refractivity contribution in [1.29, 1.82) is 0 Å². The lowest BCUT2D eigenvalue weighted by Crippen LogP contribution is -2.25. The summed E-state index contributed by atoms with van der Waals surface area (Å²) in [4.78, 5) is 4.49. The molecule has 2 aromatic rings. The Labute approximate surface area is 122 Å². The standard InChI is InChI=1S/C14H20N4OS/c1-10-9-20-14(17-10)8-15-12-3-2-4-13-11(12)7-16-18(13)5-6-19/h7,9,12,15,19H,2-6,8H2,1H3. The van der Waals surface area contributed by atoms with Gasteiger partial charge in [0.05, 0.1) is 19.3 Å². The van der Waals surface area contributed by atoms with Crippen molar-refractivity contribution < 1.29 is 5.11 Å². The number of hydrogen-bond donors (Lipinski definition) is 2. The Morgan fingerprint density at radius 1 is 1.55 bits per heavy atom. The third kappa shape index (κ3) is 2.77. The first-order valence-corrected chi connectivity index (χ1v) is 7.95. The van der Waals surface area contributed by atoms with Crippen LogP contribution in [-0.2, 0) is 19.5 Å². The van der Waals surface area contributed by atoms with E-state index in [0.717, 1.165) is 30.1 Å². The number of fused-ring (bicyclic) bond motifs is 1. The van der Waals surface area contributed by atoms with E-state index in [-0.39, 0.29) is 6.61 Å². The van der Waals surface area contributed by atoms with Gasteiger partial charge in [0.1, 0.15) is 5.01 Å². The number of rotatable bonds is 5. The van der Waals surface area contributed by atoms with Gasteiger partial charge in [-0.25, -0.2) is 4.98 Å². The van der Waals surface area contributed by atoms with Gasteiger partial charge in [0.25, 0.3) is 0 Å². The summed E-state index contributed by atoms with van der Waals surface area (Å²) in [6.07, 6.45) is 5.32. The molecule has 0 amide bonds. The second-order valence-corrected chi connectivity index (χ2v) is 6.14. The van der Waals surface area contributed by atoms with Crippen molar-refractivity contribution in [3.8, 4) is 0 Å². The van der Waals surface area contributed by atoms with Crippen LogP contribution in [0.4, 0.5) is 0 Å². The number of aryl methyl sites for hydroxylation is 1. The molecule has 0 spiro atoms. The average molecular weight is 292 g/mol. The summed E-state index contributed by atoms with van der Waals surface area (Å²) in [7, 11) is 0. The fourth-order valence-electron chi connectivity index (χ4n) is 2.81. The molecule has 0 saturated heterocycles. The zero-order valence-corrected chi connectivity index (χ0v) is 12.5. The summed E-state index contributed by atoms with van der Waals surface area (Å²) in [5.41, 5.74) is 3.66. The number of nitrogens with one attached hydrogen (secondary N) is 1. The van der Waals surface area contributed by atoms with E-state index in [0.29, 0.717) is 12.6 Å². The number of nitrogens with zero attached hydrogens (tertiary/aromatic N) is 3. The summed E-state index contributed by atoms with van der Waals surface area (Å²) in [6.45, 7) is 3.57. The van der Waals surface area contributed by atoms with Crippen LogP contribution in [0.25, 0.3) is 0 Å². The van der Waals surface area contributed by atoms with E-state index in [2.05, 4.69) is 20.8 Å². The number of hydrogen-bond acceptors (Lipinski definition) is 5. The molecular formula is C14H20N4OS. The van der Waals surface area contributed by atoms with Crippen LogP contribution in [0.3, 0.4) is 0 Å². The molecule has 1 atom stereocenters. The van der Waals surface area contributed by atoms with E-state index in [1.54, 1.807) is 11.3 Å². The summed E-state index contributed by atoms with van der Waals surface area (Å²) < 4.78 is 1.94. The second kappa shape index (κ2) is 6.03. The van der Waals surface area contributed by atoms with Gasteiger partial charge in [0.15, 0.2) is 0 Å². The SMILES string of the molecule is Cc1csc(CNC2CCCc3c2cnn3CCO)n1. The summed E-state index contributed by atoms with van der Waals surface area (Å²) >= 11 is 1.71. The lowest BCUT2D eigenvalue weighted by atomic mass is 9.93. The predicted molar refractivity (Wildman–Crippen MR) is 78.7 cm³/mol. The minimum Gasteiger partial charge on any atom is -0.394 e. The molecule has 0 radical (unpaired) electrons. The fraction of sp³-hybridized carbons (Fsp3) is 0.571. The highest BCUT2D eigenvalue weighted by molar-refractivity contribution is 7.09. The van der Waals surface area contributed by atoms with Gasteiger partial charge >= 0.3 is 0 Å². The van der Waals surface area contributed by atoms with Crippen molar-refractivity contribution in [3.63, 3.8) is 0 Å². The van der Waals surface area contributed by atoms with E-state index in [1.165, 1.54) is 17.7 Å². The molecular weight excluding hydrogens is 272 g/mol. The van der Waals surface area contributed by atoms with E-state index < -0.39 is 0 Å². The van der Waals surface area contributed by atoms with Gasteiger partial charge in [-0.15, -0.1) is 11.3 Å². The fourth-order valence-corrected chi connectivity index (χ4v) is 3.54. The lowest BCUT2D eigenvalue weighted by molar-refractivity contribution is 0.266. The average Bonchev–Trinajstić information content (AvgIpc) is 3.04. The van der Waals surface area contributed by atoms with Gasteiger partial charge in [-0.1, -0.05) is 0 Å². The molecule has 0 aliphatic heterocycles. The molecule has 20 heavy (non-hydrogen) atoms. The quantitative estimate of drug-likeness (QED) is 0.882. The minimum absolute atomic E-state index is 0.143. The zero-order chi connectivity index (χ0) is 13.9. The Balaban J connectivity index is 1.70. The van der Waals surface area contributed by atoms with Crippen LogP contribution in [0.1, 0.15) is 40.8 Å². The Hall–Kier alpha value is -1.24. The lowest BCUT2D eigenvalue weighted by Gasteiger charge is -2.24. The van der Waals surface area contributed by atoms with Gasteiger partial charge in [-0.3, -0.25) is 4.68 Å². The molecule has 3 rings (SSSR count). The van der Waals surface area contributed by atoms with Crippen LogP contribution in [-0.4, -0.2) is 26.5 Å². The number of aromatic nitrogens is 3. The Kier molecular flexibility index (Phi) is 4.14. The monoisotopic (exact) mass is 292 g/mol. The maximum Gasteiger partial charge on any atom is 0.107 e. The van der Waals surface area contributed by atoms with Crippen LogP contribution in [0.15, 0.2) is 11.6 Å². The van der Waals surface area contributed by atoms with Crippen molar-refractivity contribution >= 4 is 11.3 Å². The topological polar surface area (TPSA) is 63.0 Å². The molecule has 6 heteroatoms. The molecule has 1 aliphatic carbocycles. The highest BCUT2D eigenvalue weighted by Crippen LogP contribution is 2.29.